The minimum atomic E-state index is -0.292. The number of carbonyl (C=O) groups is 1. The molecule has 0 aliphatic rings. The van der Waals surface area contributed by atoms with Crippen molar-refractivity contribution < 1.29 is 9.53 Å². The van der Waals surface area contributed by atoms with Gasteiger partial charge < -0.3 is 15.4 Å². The van der Waals surface area contributed by atoms with Crippen molar-refractivity contribution in [3.8, 4) is 5.75 Å². The monoisotopic (exact) mass is 349 g/mol. The van der Waals surface area contributed by atoms with Crippen molar-refractivity contribution in [3.05, 3.63) is 78.0 Å². The van der Waals surface area contributed by atoms with Gasteiger partial charge in [0, 0.05) is 18.3 Å². The number of amides is 1. The van der Waals surface area contributed by atoms with Crippen LogP contribution in [-0.4, -0.2) is 28.0 Å². The molecule has 0 saturated carbocycles. The highest BCUT2D eigenvalue weighted by molar-refractivity contribution is 5.92. The highest BCUT2D eigenvalue weighted by Crippen LogP contribution is 2.16. The van der Waals surface area contributed by atoms with E-state index in [0.717, 1.165) is 17.0 Å². The van der Waals surface area contributed by atoms with Crippen LogP contribution in [0, 0.1) is 0 Å². The van der Waals surface area contributed by atoms with Gasteiger partial charge in [0.1, 0.15) is 17.3 Å². The van der Waals surface area contributed by atoms with E-state index in [1.807, 2.05) is 42.5 Å². The Kier molecular flexibility index (Phi) is 5.72. The predicted octanol–water partition coefficient (Wildman–Crippen LogP) is 2.42. The van der Waals surface area contributed by atoms with Crippen molar-refractivity contribution in [3.63, 3.8) is 0 Å². The Morgan fingerprint density at radius 3 is 2.58 bits per heavy atom. The van der Waals surface area contributed by atoms with Crippen molar-refractivity contribution in [2.24, 2.45) is 0 Å². The van der Waals surface area contributed by atoms with Crippen LogP contribution in [0.5, 0.6) is 5.75 Å². The van der Waals surface area contributed by atoms with Crippen LogP contribution >= 0.6 is 0 Å². The Bertz CT molecular complexity index is 853. The van der Waals surface area contributed by atoms with Gasteiger partial charge in [0.25, 0.3) is 5.91 Å². The summed E-state index contributed by atoms with van der Waals surface area (Å²) in [6.07, 6.45) is 4.71. The maximum absolute atomic E-state index is 12.2. The highest BCUT2D eigenvalue weighted by Gasteiger charge is 2.09. The molecule has 0 radical (unpaired) electrons. The predicted molar refractivity (Wildman–Crippen MR) is 97.8 cm³/mol. The molecule has 0 saturated heterocycles. The Balaban J connectivity index is 1.55. The van der Waals surface area contributed by atoms with E-state index in [4.69, 9.17) is 4.74 Å². The number of rotatable bonds is 7. The summed E-state index contributed by atoms with van der Waals surface area (Å²) >= 11 is 0. The Labute approximate surface area is 151 Å². The number of anilines is 1. The molecule has 7 heteroatoms. The molecule has 7 nitrogen and oxygen atoms in total. The summed E-state index contributed by atoms with van der Waals surface area (Å²) in [5.41, 5.74) is 2.04. The number of nitrogens with one attached hydrogen (secondary N) is 2. The number of carbonyl (C=O) groups excluding carboxylic acids is 1. The summed E-state index contributed by atoms with van der Waals surface area (Å²) in [4.78, 5) is 24.8. The largest absolute Gasteiger partial charge is 0.496 e. The van der Waals surface area contributed by atoms with E-state index in [2.05, 4.69) is 25.6 Å². The van der Waals surface area contributed by atoms with Crippen molar-refractivity contribution >= 4 is 11.7 Å². The lowest BCUT2D eigenvalue weighted by atomic mass is 10.2. The van der Waals surface area contributed by atoms with E-state index in [1.54, 1.807) is 13.3 Å². The molecule has 0 unspecified atom stereocenters. The van der Waals surface area contributed by atoms with Crippen molar-refractivity contribution in [1.82, 2.24) is 20.3 Å². The van der Waals surface area contributed by atoms with Crippen molar-refractivity contribution in [2.75, 3.05) is 12.4 Å². The molecular weight excluding hydrogens is 330 g/mol. The molecule has 0 aliphatic heterocycles. The average Bonchev–Trinajstić information content (AvgIpc) is 2.72. The second-order valence-corrected chi connectivity index (χ2v) is 5.46. The molecule has 132 valence electrons. The first-order valence-electron chi connectivity index (χ1n) is 8.12. The molecule has 3 aromatic rings. The first-order chi connectivity index (χ1) is 12.8. The lowest BCUT2D eigenvalue weighted by Crippen LogP contribution is -2.24. The first kappa shape index (κ1) is 17.3. The molecule has 0 aliphatic carbocycles. The fourth-order valence-electron chi connectivity index (χ4n) is 2.34. The summed E-state index contributed by atoms with van der Waals surface area (Å²) in [5.74, 6) is 1.02. The number of nitrogens with zero attached hydrogens (tertiary/aromatic N) is 3. The van der Waals surface area contributed by atoms with Crippen LogP contribution in [0.2, 0.25) is 0 Å². The molecule has 0 atom stereocenters. The van der Waals surface area contributed by atoms with Gasteiger partial charge in [-0.3, -0.25) is 9.78 Å². The van der Waals surface area contributed by atoms with Crippen LogP contribution in [0.3, 0.4) is 0 Å². The number of hydrogen-bond acceptors (Lipinski definition) is 6. The van der Waals surface area contributed by atoms with Crippen LogP contribution in [0.25, 0.3) is 0 Å². The topological polar surface area (TPSA) is 89.0 Å². The van der Waals surface area contributed by atoms with E-state index in [-0.39, 0.29) is 11.6 Å². The summed E-state index contributed by atoms with van der Waals surface area (Å²) in [5, 5.41) is 5.93. The summed E-state index contributed by atoms with van der Waals surface area (Å²) < 4.78 is 5.27. The number of para-hydroxylation sites is 1. The van der Waals surface area contributed by atoms with Crippen LogP contribution in [0.1, 0.15) is 21.7 Å². The van der Waals surface area contributed by atoms with E-state index in [0.29, 0.717) is 18.9 Å². The SMILES string of the molecule is COc1ccccc1CNC(=O)c1cnc(NCc2ccccn2)cn1. The molecular formula is C19H19N5O2. The quantitative estimate of drug-likeness (QED) is 0.681. The van der Waals surface area contributed by atoms with E-state index >= 15 is 0 Å². The Morgan fingerprint density at radius 2 is 1.85 bits per heavy atom. The third kappa shape index (κ3) is 4.54. The van der Waals surface area contributed by atoms with E-state index in [1.165, 1.54) is 12.4 Å². The molecule has 1 amide bonds. The maximum Gasteiger partial charge on any atom is 0.271 e. The third-order valence-corrected chi connectivity index (χ3v) is 3.69. The second-order valence-electron chi connectivity index (χ2n) is 5.46. The third-order valence-electron chi connectivity index (χ3n) is 3.69. The summed E-state index contributed by atoms with van der Waals surface area (Å²) in [7, 11) is 1.60. The van der Waals surface area contributed by atoms with Gasteiger partial charge >= 0.3 is 0 Å². The molecule has 1 aromatic carbocycles. The minimum absolute atomic E-state index is 0.253. The number of ether oxygens (including phenoxy) is 1. The van der Waals surface area contributed by atoms with Gasteiger partial charge in [-0.25, -0.2) is 9.97 Å². The zero-order chi connectivity index (χ0) is 18.2. The van der Waals surface area contributed by atoms with Gasteiger partial charge in [-0.1, -0.05) is 24.3 Å². The summed E-state index contributed by atoms with van der Waals surface area (Å²) in [6.45, 7) is 0.888. The molecule has 0 fully saturated rings. The number of hydrogen-bond donors (Lipinski definition) is 2. The zero-order valence-electron chi connectivity index (χ0n) is 14.3. The van der Waals surface area contributed by atoms with Gasteiger partial charge in [-0.2, -0.15) is 0 Å². The van der Waals surface area contributed by atoms with Crippen molar-refractivity contribution in [2.45, 2.75) is 13.1 Å². The van der Waals surface area contributed by atoms with Crippen LogP contribution in [0.4, 0.5) is 5.82 Å². The normalized spacial score (nSPS) is 10.2. The zero-order valence-corrected chi connectivity index (χ0v) is 14.3. The molecule has 0 bridgehead atoms. The van der Waals surface area contributed by atoms with Gasteiger partial charge in [0.05, 0.1) is 31.7 Å². The summed E-state index contributed by atoms with van der Waals surface area (Å²) in [6, 6.07) is 13.2. The van der Waals surface area contributed by atoms with E-state index < -0.39 is 0 Å². The fourth-order valence-corrected chi connectivity index (χ4v) is 2.34. The van der Waals surface area contributed by atoms with Gasteiger partial charge in [0.2, 0.25) is 0 Å². The van der Waals surface area contributed by atoms with Crippen LogP contribution < -0.4 is 15.4 Å². The van der Waals surface area contributed by atoms with Crippen LogP contribution in [0.15, 0.2) is 61.1 Å². The molecule has 2 heterocycles. The van der Waals surface area contributed by atoms with Crippen LogP contribution in [-0.2, 0) is 13.1 Å². The van der Waals surface area contributed by atoms with Gasteiger partial charge in [-0.15, -0.1) is 0 Å². The Hall–Kier alpha value is -3.48. The smallest absolute Gasteiger partial charge is 0.271 e. The molecule has 2 aromatic heterocycles. The Morgan fingerprint density at radius 1 is 1.00 bits per heavy atom. The number of methoxy groups -OCH3 is 1. The van der Waals surface area contributed by atoms with Crippen molar-refractivity contribution in [1.29, 1.82) is 0 Å². The van der Waals surface area contributed by atoms with Gasteiger partial charge in [-0.05, 0) is 18.2 Å². The molecule has 3 rings (SSSR count). The lowest BCUT2D eigenvalue weighted by Gasteiger charge is -2.09. The standard InChI is InChI=1S/C19H19N5O2/c1-26-17-8-3-2-6-14(17)10-24-19(25)16-12-23-18(13-21-16)22-11-15-7-4-5-9-20-15/h2-9,12-13H,10-11H2,1H3,(H,22,23)(H,24,25). The first-order valence-corrected chi connectivity index (χ1v) is 8.12. The number of pyridine rings is 1. The minimum Gasteiger partial charge on any atom is -0.496 e. The molecule has 2 N–H and O–H groups in total. The number of benzene rings is 1. The van der Waals surface area contributed by atoms with E-state index in [9.17, 15) is 4.79 Å². The maximum atomic E-state index is 12.2. The second kappa shape index (κ2) is 8.57. The number of aromatic nitrogens is 3. The lowest BCUT2D eigenvalue weighted by molar-refractivity contribution is 0.0945. The van der Waals surface area contributed by atoms with Gasteiger partial charge in [0.15, 0.2) is 0 Å². The molecule has 0 spiro atoms. The highest BCUT2D eigenvalue weighted by atomic mass is 16.5. The average molecular weight is 349 g/mol. The molecule has 26 heavy (non-hydrogen) atoms. The fraction of sp³-hybridized carbons (Fsp3) is 0.158.